The van der Waals surface area contributed by atoms with Gasteiger partial charge < -0.3 is 15.5 Å². The van der Waals surface area contributed by atoms with Gasteiger partial charge in [-0.1, -0.05) is 35.9 Å². The standard InChI is InChI=1S/C30H31ClF3N5O2/c1-19-10-15-30(39(19)28-35-16-5-17-36-28,27(41)38-22-7-4-6-20(32)18-22)25(23-8-2-3-9-24(23)31)26(40)37-21-11-13-29(33,34)14-12-21/h2-9,16-19,21,25H,10-15H2,1H3,(H,37,40)(H,38,41)/t19?,25-,30?/m1/s1. The van der Waals surface area contributed by atoms with E-state index in [1.165, 1.54) is 18.2 Å². The van der Waals surface area contributed by atoms with Gasteiger partial charge in [-0.2, -0.15) is 0 Å². The molecule has 1 aliphatic heterocycles. The second-order valence-electron chi connectivity index (χ2n) is 10.8. The van der Waals surface area contributed by atoms with E-state index in [2.05, 4.69) is 20.6 Å². The second kappa shape index (κ2) is 11.7. The number of halogens is 4. The Balaban J connectivity index is 1.64. The molecule has 2 N–H and O–H groups in total. The molecule has 1 aliphatic carbocycles. The first-order valence-electron chi connectivity index (χ1n) is 13.7. The van der Waals surface area contributed by atoms with E-state index in [4.69, 9.17) is 11.6 Å². The molecule has 2 aliphatic rings. The first-order valence-corrected chi connectivity index (χ1v) is 14.0. The topological polar surface area (TPSA) is 87.2 Å². The van der Waals surface area contributed by atoms with E-state index in [0.717, 1.165) is 0 Å². The highest BCUT2D eigenvalue weighted by atomic mass is 35.5. The molecule has 1 saturated heterocycles. The summed E-state index contributed by atoms with van der Waals surface area (Å²) in [6.07, 6.45) is 3.39. The molecule has 2 unspecified atom stereocenters. The number of hydrogen-bond acceptors (Lipinski definition) is 5. The van der Waals surface area contributed by atoms with Crippen molar-refractivity contribution in [1.29, 1.82) is 0 Å². The minimum atomic E-state index is -2.77. The van der Waals surface area contributed by atoms with Crippen LogP contribution in [0.15, 0.2) is 67.0 Å². The van der Waals surface area contributed by atoms with Gasteiger partial charge in [0.15, 0.2) is 0 Å². The molecule has 216 valence electrons. The number of nitrogens with one attached hydrogen (secondary N) is 2. The van der Waals surface area contributed by atoms with Crippen LogP contribution in [-0.2, 0) is 9.59 Å². The molecule has 0 spiro atoms. The van der Waals surface area contributed by atoms with Crippen molar-refractivity contribution in [3.63, 3.8) is 0 Å². The molecule has 0 radical (unpaired) electrons. The number of nitrogens with zero attached hydrogens (tertiary/aromatic N) is 3. The Labute approximate surface area is 241 Å². The summed E-state index contributed by atoms with van der Waals surface area (Å²) in [5, 5.41) is 6.06. The summed E-state index contributed by atoms with van der Waals surface area (Å²) in [5.74, 6) is -5.31. The minimum absolute atomic E-state index is 0.110. The first-order chi connectivity index (χ1) is 19.6. The van der Waals surface area contributed by atoms with E-state index in [0.29, 0.717) is 12.0 Å². The molecule has 2 heterocycles. The van der Waals surface area contributed by atoms with Crippen LogP contribution in [0.25, 0.3) is 0 Å². The van der Waals surface area contributed by atoms with Gasteiger partial charge in [0, 0.05) is 48.0 Å². The summed E-state index contributed by atoms with van der Waals surface area (Å²) in [6.45, 7) is 1.92. The van der Waals surface area contributed by atoms with Crippen molar-refractivity contribution in [2.45, 2.75) is 74.9 Å². The van der Waals surface area contributed by atoms with Gasteiger partial charge in [-0.15, -0.1) is 0 Å². The zero-order valence-electron chi connectivity index (χ0n) is 22.5. The SMILES string of the molecule is CC1CCC(C(=O)Nc2cccc(F)c2)([C@@H](C(=O)NC2CCC(F)(F)CC2)c2ccccc2Cl)N1c1ncccn1. The molecular formula is C30H31ClF3N5O2. The van der Waals surface area contributed by atoms with Gasteiger partial charge in [0.25, 0.3) is 5.91 Å². The van der Waals surface area contributed by atoms with Crippen LogP contribution in [0.5, 0.6) is 0 Å². The summed E-state index contributed by atoms with van der Waals surface area (Å²) in [5.41, 5.74) is -0.978. The smallest absolute Gasteiger partial charge is 0.251 e. The number of amides is 2. The van der Waals surface area contributed by atoms with Gasteiger partial charge in [-0.05, 0) is 68.5 Å². The van der Waals surface area contributed by atoms with E-state index in [1.807, 2.05) is 6.92 Å². The van der Waals surface area contributed by atoms with Gasteiger partial charge >= 0.3 is 0 Å². The zero-order chi connectivity index (χ0) is 29.2. The van der Waals surface area contributed by atoms with Crippen LogP contribution in [0.4, 0.5) is 24.8 Å². The van der Waals surface area contributed by atoms with Crippen LogP contribution in [0.3, 0.4) is 0 Å². The lowest BCUT2D eigenvalue weighted by atomic mass is 9.75. The highest BCUT2D eigenvalue weighted by Gasteiger charge is 2.60. The predicted octanol–water partition coefficient (Wildman–Crippen LogP) is 6.11. The minimum Gasteiger partial charge on any atom is -0.353 e. The number of carbonyl (C=O) groups is 2. The molecule has 0 bridgehead atoms. The fourth-order valence-corrected chi connectivity index (χ4v) is 6.34. The Hall–Kier alpha value is -3.66. The number of benzene rings is 2. The van der Waals surface area contributed by atoms with E-state index < -0.39 is 41.1 Å². The van der Waals surface area contributed by atoms with Gasteiger partial charge in [-0.25, -0.2) is 23.1 Å². The van der Waals surface area contributed by atoms with Crippen molar-refractivity contribution in [3.05, 3.63) is 83.4 Å². The fourth-order valence-electron chi connectivity index (χ4n) is 6.10. The van der Waals surface area contributed by atoms with Crippen molar-refractivity contribution in [2.24, 2.45) is 0 Å². The van der Waals surface area contributed by atoms with Crippen LogP contribution in [-0.4, -0.2) is 45.3 Å². The molecule has 2 aromatic carbocycles. The van der Waals surface area contributed by atoms with E-state index in [1.54, 1.807) is 53.7 Å². The zero-order valence-corrected chi connectivity index (χ0v) is 23.3. The molecule has 11 heteroatoms. The van der Waals surface area contributed by atoms with E-state index in [9.17, 15) is 22.8 Å². The largest absolute Gasteiger partial charge is 0.353 e. The number of rotatable bonds is 7. The van der Waals surface area contributed by atoms with Crippen LogP contribution < -0.4 is 15.5 Å². The summed E-state index contributed by atoms with van der Waals surface area (Å²) in [7, 11) is 0. The van der Waals surface area contributed by atoms with Crippen molar-refractivity contribution in [1.82, 2.24) is 15.3 Å². The third-order valence-corrected chi connectivity index (χ3v) is 8.42. The molecule has 1 aromatic heterocycles. The molecule has 41 heavy (non-hydrogen) atoms. The Bertz CT molecular complexity index is 1400. The highest BCUT2D eigenvalue weighted by molar-refractivity contribution is 6.31. The molecule has 2 fully saturated rings. The molecule has 3 aromatic rings. The summed E-state index contributed by atoms with van der Waals surface area (Å²) in [6, 6.07) is 13.2. The van der Waals surface area contributed by atoms with Gasteiger partial charge in [-0.3, -0.25) is 9.59 Å². The molecule has 5 rings (SSSR count). The number of aromatic nitrogens is 2. The number of alkyl halides is 2. The van der Waals surface area contributed by atoms with Crippen LogP contribution in [0, 0.1) is 5.82 Å². The Morgan fingerprint density at radius 1 is 1.00 bits per heavy atom. The van der Waals surface area contributed by atoms with Crippen molar-refractivity contribution < 1.29 is 22.8 Å². The van der Waals surface area contributed by atoms with Gasteiger partial charge in [0.1, 0.15) is 11.4 Å². The van der Waals surface area contributed by atoms with E-state index >= 15 is 0 Å². The average molecular weight is 586 g/mol. The van der Waals surface area contributed by atoms with Crippen molar-refractivity contribution in [2.75, 3.05) is 10.2 Å². The highest BCUT2D eigenvalue weighted by Crippen LogP contribution is 2.48. The lowest BCUT2D eigenvalue weighted by Gasteiger charge is -2.44. The molecule has 7 nitrogen and oxygen atoms in total. The van der Waals surface area contributed by atoms with Gasteiger partial charge in [0.05, 0.1) is 5.92 Å². The number of anilines is 2. The third-order valence-electron chi connectivity index (χ3n) is 8.08. The van der Waals surface area contributed by atoms with Gasteiger partial charge in [0.2, 0.25) is 17.8 Å². The average Bonchev–Trinajstić information content (AvgIpc) is 3.29. The van der Waals surface area contributed by atoms with Crippen molar-refractivity contribution in [3.8, 4) is 0 Å². The maximum Gasteiger partial charge on any atom is 0.251 e. The molecule has 2 amide bonds. The Morgan fingerprint density at radius 2 is 1.71 bits per heavy atom. The summed E-state index contributed by atoms with van der Waals surface area (Å²) >= 11 is 6.69. The Kier molecular flexibility index (Phi) is 8.22. The lowest BCUT2D eigenvalue weighted by molar-refractivity contribution is -0.131. The lowest BCUT2D eigenvalue weighted by Crippen LogP contribution is -2.63. The fraction of sp³-hybridized carbons (Fsp3) is 0.400. The monoisotopic (exact) mass is 585 g/mol. The van der Waals surface area contributed by atoms with Crippen LogP contribution in [0.1, 0.15) is 56.9 Å². The second-order valence-corrected chi connectivity index (χ2v) is 11.2. The van der Waals surface area contributed by atoms with Crippen molar-refractivity contribution >= 4 is 35.1 Å². The summed E-state index contributed by atoms with van der Waals surface area (Å²) < 4.78 is 41.9. The summed E-state index contributed by atoms with van der Waals surface area (Å²) in [4.78, 5) is 39.5. The van der Waals surface area contributed by atoms with Crippen LogP contribution in [0.2, 0.25) is 5.02 Å². The van der Waals surface area contributed by atoms with E-state index in [-0.39, 0.29) is 54.8 Å². The number of hydrogen-bond donors (Lipinski definition) is 2. The molecule has 1 saturated carbocycles. The number of carbonyl (C=O) groups excluding carboxylic acids is 2. The molecule has 3 atom stereocenters. The van der Waals surface area contributed by atoms with Crippen LogP contribution >= 0.6 is 11.6 Å². The maximum absolute atomic E-state index is 14.5. The quantitative estimate of drug-likeness (QED) is 0.349. The predicted molar refractivity (Wildman–Crippen MR) is 151 cm³/mol. The third kappa shape index (κ3) is 5.88. The molecular weight excluding hydrogens is 555 g/mol. The first kappa shape index (κ1) is 28.9. The normalized spacial score (nSPS) is 23.1. The maximum atomic E-state index is 14.5. The Morgan fingerprint density at radius 3 is 2.39 bits per heavy atom.